The maximum absolute atomic E-state index is 11.9. The van der Waals surface area contributed by atoms with Crippen LogP contribution in [-0.4, -0.2) is 23.1 Å². The molecule has 0 saturated heterocycles. The summed E-state index contributed by atoms with van der Waals surface area (Å²) in [5, 5.41) is 19.4. The highest BCUT2D eigenvalue weighted by Gasteiger charge is 2.02. The quantitative estimate of drug-likeness (QED) is 0.172. The molecule has 1 rings (SSSR count). The molecular weight excluding hydrogens is 340 g/mol. The van der Waals surface area contributed by atoms with E-state index in [0.717, 1.165) is 18.4 Å². The van der Waals surface area contributed by atoms with Gasteiger partial charge in [0.1, 0.15) is 5.76 Å². The Kier molecular flexibility index (Phi) is 11.7. The number of methoxy groups -OCH3 is 1. The van der Waals surface area contributed by atoms with Gasteiger partial charge in [0.2, 0.25) is 0 Å². The maximum atomic E-state index is 11.9. The predicted molar refractivity (Wildman–Crippen MR) is 111 cm³/mol. The Bertz CT molecular complexity index is 617. The van der Waals surface area contributed by atoms with E-state index in [9.17, 15) is 15.0 Å². The average Bonchev–Trinajstić information content (AvgIpc) is 2.66. The van der Waals surface area contributed by atoms with Crippen molar-refractivity contribution in [1.82, 2.24) is 0 Å². The van der Waals surface area contributed by atoms with Crippen LogP contribution in [0, 0.1) is 0 Å². The van der Waals surface area contributed by atoms with E-state index in [1.165, 1.54) is 70.3 Å². The van der Waals surface area contributed by atoms with Crippen LogP contribution in [0.25, 0.3) is 6.08 Å². The smallest absolute Gasteiger partial charge is 0.161 e. The summed E-state index contributed by atoms with van der Waals surface area (Å²) in [5.41, 5.74) is 0.760. The summed E-state index contributed by atoms with van der Waals surface area (Å²) in [4.78, 5) is 11.9. The first-order valence-electron chi connectivity index (χ1n) is 10.1. The van der Waals surface area contributed by atoms with Crippen LogP contribution in [0.4, 0.5) is 0 Å². The molecule has 1 aromatic carbocycles. The van der Waals surface area contributed by atoms with Gasteiger partial charge in [-0.25, -0.2) is 0 Å². The van der Waals surface area contributed by atoms with Crippen molar-refractivity contribution in [2.45, 2.75) is 71.1 Å². The van der Waals surface area contributed by atoms with E-state index in [-0.39, 0.29) is 17.3 Å². The number of aliphatic hydroxyl groups excluding tert-OH is 1. The molecular formula is C23H34O4. The Hall–Kier alpha value is -2.23. The van der Waals surface area contributed by atoms with Crippen molar-refractivity contribution in [3.05, 3.63) is 41.7 Å². The van der Waals surface area contributed by atoms with Gasteiger partial charge in [-0.15, -0.1) is 0 Å². The molecule has 1 aromatic rings. The van der Waals surface area contributed by atoms with Crippen LogP contribution in [0.15, 0.2) is 36.1 Å². The molecule has 0 aliphatic carbocycles. The van der Waals surface area contributed by atoms with Crippen LogP contribution >= 0.6 is 0 Å². The summed E-state index contributed by atoms with van der Waals surface area (Å²) < 4.78 is 5.04. The van der Waals surface area contributed by atoms with Gasteiger partial charge < -0.3 is 14.9 Å². The van der Waals surface area contributed by atoms with Gasteiger partial charge in [0.25, 0.3) is 0 Å². The molecule has 4 nitrogen and oxygen atoms in total. The van der Waals surface area contributed by atoms with Crippen LogP contribution < -0.4 is 4.74 Å². The molecule has 0 unspecified atom stereocenters. The molecule has 0 amide bonds. The molecule has 27 heavy (non-hydrogen) atoms. The number of phenols is 1. The minimum absolute atomic E-state index is 0.0524. The fourth-order valence-corrected chi connectivity index (χ4v) is 2.87. The standard InChI is InChI=1S/C23H34O4/c1-3-4-5-6-7-8-9-10-11-12-20(24)18-21(25)15-13-19-14-16-22(26)23(17-19)27-2/h13-18,25-26H,3-12H2,1-2H3. The number of allylic oxidation sites excluding steroid dienone is 2. The number of benzene rings is 1. The highest BCUT2D eigenvalue weighted by atomic mass is 16.5. The second-order valence-electron chi connectivity index (χ2n) is 6.88. The average molecular weight is 375 g/mol. The highest BCUT2D eigenvalue weighted by molar-refractivity contribution is 5.90. The van der Waals surface area contributed by atoms with Crippen molar-refractivity contribution in [2.24, 2.45) is 0 Å². The van der Waals surface area contributed by atoms with E-state index in [4.69, 9.17) is 4.74 Å². The monoisotopic (exact) mass is 374 g/mol. The van der Waals surface area contributed by atoms with Crippen molar-refractivity contribution in [3.8, 4) is 11.5 Å². The zero-order valence-corrected chi connectivity index (χ0v) is 16.7. The van der Waals surface area contributed by atoms with Gasteiger partial charge in [-0.3, -0.25) is 4.79 Å². The lowest BCUT2D eigenvalue weighted by Gasteiger charge is -2.03. The zero-order chi connectivity index (χ0) is 19.9. The van der Waals surface area contributed by atoms with Crippen molar-refractivity contribution in [1.29, 1.82) is 0 Å². The highest BCUT2D eigenvalue weighted by Crippen LogP contribution is 2.26. The number of carbonyl (C=O) groups is 1. The summed E-state index contributed by atoms with van der Waals surface area (Å²) in [6, 6.07) is 4.88. The Morgan fingerprint density at radius 3 is 2.30 bits per heavy atom. The lowest BCUT2D eigenvalue weighted by atomic mass is 10.1. The van der Waals surface area contributed by atoms with E-state index in [0.29, 0.717) is 12.2 Å². The van der Waals surface area contributed by atoms with Crippen LogP contribution in [0.1, 0.15) is 76.7 Å². The molecule has 2 N–H and O–H groups in total. The van der Waals surface area contributed by atoms with E-state index in [2.05, 4.69) is 6.92 Å². The van der Waals surface area contributed by atoms with Gasteiger partial charge in [-0.05, 0) is 30.2 Å². The number of rotatable bonds is 14. The van der Waals surface area contributed by atoms with Gasteiger partial charge in [-0.2, -0.15) is 0 Å². The lowest BCUT2D eigenvalue weighted by molar-refractivity contribution is -0.114. The van der Waals surface area contributed by atoms with Crippen molar-refractivity contribution in [3.63, 3.8) is 0 Å². The summed E-state index contributed by atoms with van der Waals surface area (Å²) in [6.45, 7) is 2.23. The van der Waals surface area contributed by atoms with Crippen LogP contribution in [0.5, 0.6) is 11.5 Å². The first-order chi connectivity index (χ1) is 13.1. The lowest BCUT2D eigenvalue weighted by Crippen LogP contribution is -1.94. The molecule has 0 radical (unpaired) electrons. The first kappa shape index (κ1) is 22.8. The summed E-state index contributed by atoms with van der Waals surface area (Å²) >= 11 is 0. The largest absolute Gasteiger partial charge is 0.508 e. The van der Waals surface area contributed by atoms with E-state index in [1.807, 2.05) is 0 Å². The number of ether oxygens (including phenoxy) is 1. The van der Waals surface area contributed by atoms with Gasteiger partial charge in [0, 0.05) is 12.5 Å². The van der Waals surface area contributed by atoms with Gasteiger partial charge in [-0.1, -0.05) is 70.4 Å². The van der Waals surface area contributed by atoms with E-state index >= 15 is 0 Å². The third-order valence-electron chi connectivity index (χ3n) is 4.49. The molecule has 0 saturated carbocycles. The Balaban J connectivity index is 2.26. The summed E-state index contributed by atoms with van der Waals surface area (Å²) in [7, 11) is 1.48. The topological polar surface area (TPSA) is 66.8 Å². The number of ketones is 1. The van der Waals surface area contributed by atoms with Gasteiger partial charge in [0.15, 0.2) is 17.3 Å². The molecule has 0 heterocycles. The minimum atomic E-state index is -0.0667. The maximum Gasteiger partial charge on any atom is 0.161 e. The Morgan fingerprint density at radius 1 is 1.04 bits per heavy atom. The molecule has 0 aromatic heterocycles. The zero-order valence-electron chi connectivity index (χ0n) is 16.7. The summed E-state index contributed by atoms with van der Waals surface area (Å²) in [5.74, 6) is 0.305. The molecule has 0 aliphatic heterocycles. The number of phenolic OH excluding ortho intramolecular Hbond substituents is 1. The molecule has 150 valence electrons. The van der Waals surface area contributed by atoms with Crippen molar-refractivity contribution in [2.75, 3.05) is 7.11 Å². The third kappa shape index (κ3) is 10.5. The second kappa shape index (κ2) is 13.9. The normalized spacial score (nSPS) is 11.9. The van der Waals surface area contributed by atoms with Crippen LogP contribution in [-0.2, 0) is 4.79 Å². The second-order valence-corrected chi connectivity index (χ2v) is 6.88. The molecule has 0 spiro atoms. The Morgan fingerprint density at radius 2 is 1.67 bits per heavy atom. The van der Waals surface area contributed by atoms with Crippen LogP contribution in [0.2, 0.25) is 0 Å². The first-order valence-corrected chi connectivity index (χ1v) is 10.1. The number of unbranched alkanes of at least 4 members (excludes halogenated alkanes) is 8. The summed E-state index contributed by atoms with van der Waals surface area (Å²) in [6.07, 6.45) is 15.8. The fraction of sp³-hybridized carbons (Fsp3) is 0.522. The SMILES string of the molecule is CCCCCCCCCCCC(=O)C=C(O)C=Cc1ccc(O)c(OC)c1. The number of hydrogen-bond acceptors (Lipinski definition) is 4. The molecule has 4 heteroatoms. The molecule has 0 aliphatic rings. The van der Waals surface area contributed by atoms with Crippen molar-refractivity contribution >= 4 is 11.9 Å². The van der Waals surface area contributed by atoms with Crippen LogP contribution in [0.3, 0.4) is 0 Å². The third-order valence-corrected chi connectivity index (χ3v) is 4.49. The molecule has 0 bridgehead atoms. The molecule has 0 fully saturated rings. The van der Waals surface area contributed by atoms with Crippen molar-refractivity contribution < 1.29 is 19.7 Å². The predicted octanol–water partition coefficient (Wildman–Crippen LogP) is 6.35. The number of aliphatic hydroxyl groups is 1. The van der Waals surface area contributed by atoms with Gasteiger partial charge >= 0.3 is 0 Å². The van der Waals surface area contributed by atoms with E-state index < -0.39 is 0 Å². The van der Waals surface area contributed by atoms with Gasteiger partial charge in [0.05, 0.1) is 7.11 Å². The number of hydrogen-bond donors (Lipinski definition) is 2. The Labute approximate surface area is 163 Å². The fourth-order valence-electron chi connectivity index (χ4n) is 2.87. The molecule has 0 atom stereocenters. The minimum Gasteiger partial charge on any atom is -0.508 e. The number of aromatic hydroxyl groups is 1. The van der Waals surface area contributed by atoms with E-state index in [1.54, 1.807) is 18.2 Å². The number of carbonyl (C=O) groups excluding carboxylic acids is 1.